The topological polar surface area (TPSA) is 132 Å². The van der Waals surface area contributed by atoms with Crippen LogP contribution >= 0.6 is 46.3 Å². The summed E-state index contributed by atoms with van der Waals surface area (Å²) >= 11 is 14.1. The third-order valence-electron chi connectivity index (χ3n) is 7.03. The van der Waals surface area contributed by atoms with Crippen molar-refractivity contribution >= 4 is 81.1 Å². The van der Waals surface area contributed by atoms with Gasteiger partial charge in [-0.05, 0) is 54.1 Å². The largest absolute Gasteiger partial charge is 0.325 e. The van der Waals surface area contributed by atoms with Crippen LogP contribution in [0.25, 0.3) is 0 Å². The lowest BCUT2D eigenvalue weighted by Crippen LogP contribution is -2.33. The van der Waals surface area contributed by atoms with Gasteiger partial charge in [-0.15, -0.1) is 0 Å². The molecule has 0 aliphatic carbocycles. The van der Waals surface area contributed by atoms with Gasteiger partial charge in [-0.2, -0.15) is 0 Å². The number of fused-ring (bicyclic) bond motifs is 2. The van der Waals surface area contributed by atoms with Gasteiger partial charge in [-0.3, -0.25) is 33.9 Å². The molecule has 1 fully saturated rings. The molecule has 42 heavy (non-hydrogen) atoms. The van der Waals surface area contributed by atoms with Crippen LogP contribution in [0, 0.1) is 16.0 Å². The fourth-order valence-electron chi connectivity index (χ4n) is 5.14. The minimum Gasteiger partial charge on any atom is -0.325 e. The third kappa shape index (κ3) is 5.00. The Morgan fingerprint density at radius 1 is 0.905 bits per heavy atom. The van der Waals surface area contributed by atoms with E-state index in [9.17, 15) is 29.3 Å². The van der Waals surface area contributed by atoms with Gasteiger partial charge < -0.3 is 5.32 Å². The molecular weight excluding hydrogens is 623 g/mol. The summed E-state index contributed by atoms with van der Waals surface area (Å²) < 4.78 is 1.32. The third-order valence-corrected chi connectivity index (χ3v) is 10.1. The summed E-state index contributed by atoms with van der Waals surface area (Å²) in [6, 6.07) is 18.5. The highest BCUT2D eigenvalue weighted by Crippen LogP contribution is 2.54. The number of carbonyl (C=O) groups excluding carboxylic acids is 3. The number of aromatic nitrogens is 1. The number of thioether (sulfide) groups is 1. The van der Waals surface area contributed by atoms with Crippen LogP contribution in [0.3, 0.4) is 0 Å². The number of anilines is 2. The second-order valence-corrected chi connectivity index (χ2v) is 12.6. The van der Waals surface area contributed by atoms with Crippen molar-refractivity contribution in [1.29, 1.82) is 0 Å². The maximum Gasteiger partial charge on any atom is 0.308 e. The number of nitrogens with one attached hydrogen (secondary N) is 1. The van der Waals surface area contributed by atoms with Crippen molar-refractivity contribution in [3.8, 4) is 0 Å². The monoisotopic (exact) mass is 640 g/mol. The lowest BCUT2D eigenvalue weighted by Gasteiger charge is -2.30. The summed E-state index contributed by atoms with van der Waals surface area (Å²) in [6.07, 6.45) is 0. The number of carbonyl (C=O) groups is 3. The van der Waals surface area contributed by atoms with Gasteiger partial charge in [0.2, 0.25) is 17.7 Å². The van der Waals surface area contributed by atoms with E-state index in [1.807, 2.05) is 0 Å². The maximum absolute atomic E-state index is 13.9. The number of non-ortho nitro benzene ring substituents is 1. The SMILES string of the molecule is O=C(Cn1c2c(sc1=O)[C@@H](c1ccc(Cl)cc1)[C@@H]1C(=O)N(c3ccc([N+](=O)[O-])cc3)C(=O)[C@@H]1S2)Nc1ccc(Cl)cc1. The Morgan fingerprint density at radius 3 is 2.14 bits per heavy atom. The zero-order chi connectivity index (χ0) is 29.7. The van der Waals surface area contributed by atoms with Crippen LogP contribution in [-0.4, -0.2) is 32.5 Å². The van der Waals surface area contributed by atoms with Gasteiger partial charge in [0, 0.05) is 38.7 Å². The number of nitrogens with zero attached hydrogens (tertiary/aromatic N) is 3. The zero-order valence-corrected chi connectivity index (χ0v) is 24.4. The van der Waals surface area contributed by atoms with E-state index in [0.29, 0.717) is 31.2 Å². The second-order valence-electron chi connectivity index (χ2n) is 9.56. The second kappa shape index (κ2) is 11.0. The molecule has 3 amide bonds. The van der Waals surface area contributed by atoms with Gasteiger partial charge in [-0.1, -0.05) is 58.4 Å². The van der Waals surface area contributed by atoms with Crippen LogP contribution in [0.15, 0.2) is 82.6 Å². The van der Waals surface area contributed by atoms with Crippen molar-refractivity contribution in [3.05, 3.63) is 113 Å². The first kappa shape index (κ1) is 28.2. The molecule has 212 valence electrons. The van der Waals surface area contributed by atoms with Crippen LogP contribution in [0.1, 0.15) is 16.4 Å². The summed E-state index contributed by atoms with van der Waals surface area (Å²) in [6.45, 7) is -0.306. The average Bonchev–Trinajstić information content (AvgIpc) is 3.41. The Balaban J connectivity index is 1.39. The van der Waals surface area contributed by atoms with Gasteiger partial charge in [0.1, 0.15) is 11.8 Å². The summed E-state index contributed by atoms with van der Waals surface area (Å²) in [7, 11) is 0. The summed E-state index contributed by atoms with van der Waals surface area (Å²) in [5, 5.41) is 14.4. The van der Waals surface area contributed by atoms with Crippen molar-refractivity contribution in [3.63, 3.8) is 0 Å². The molecule has 3 atom stereocenters. The number of benzene rings is 3. The highest BCUT2D eigenvalue weighted by Gasteiger charge is 2.56. The number of halogens is 2. The first-order valence-corrected chi connectivity index (χ1v) is 14.9. The Labute approximate surface area is 256 Å². The van der Waals surface area contributed by atoms with Crippen LogP contribution in [0.2, 0.25) is 10.0 Å². The zero-order valence-electron chi connectivity index (χ0n) is 21.2. The molecule has 4 aromatic rings. The fraction of sp³-hybridized carbons (Fsp3) is 0.143. The van der Waals surface area contributed by atoms with Crippen molar-refractivity contribution in [1.82, 2.24) is 4.57 Å². The van der Waals surface area contributed by atoms with Gasteiger partial charge in [0.05, 0.1) is 21.6 Å². The smallest absolute Gasteiger partial charge is 0.308 e. The summed E-state index contributed by atoms with van der Waals surface area (Å²) in [5.41, 5.74) is 1.22. The average molecular weight is 642 g/mol. The summed E-state index contributed by atoms with van der Waals surface area (Å²) in [5.74, 6) is -2.97. The normalized spacial score (nSPS) is 19.4. The molecule has 2 aliphatic rings. The predicted molar refractivity (Wildman–Crippen MR) is 161 cm³/mol. The molecule has 2 aliphatic heterocycles. The van der Waals surface area contributed by atoms with E-state index in [0.717, 1.165) is 28.0 Å². The van der Waals surface area contributed by atoms with Crippen molar-refractivity contribution < 1.29 is 19.3 Å². The number of rotatable bonds is 6. The van der Waals surface area contributed by atoms with E-state index in [4.69, 9.17) is 23.2 Å². The van der Waals surface area contributed by atoms with Crippen LogP contribution < -0.4 is 15.1 Å². The first-order chi connectivity index (χ1) is 20.1. The molecular formula is C28H18Cl2N4O6S2. The van der Waals surface area contributed by atoms with Crippen LogP contribution in [0.5, 0.6) is 0 Å². The predicted octanol–water partition coefficient (Wildman–Crippen LogP) is 5.56. The van der Waals surface area contributed by atoms with Gasteiger partial charge in [0.15, 0.2) is 0 Å². The van der Waals surface area contributed by atoms with E-state index in [1.165, 1.54) is 28.8 Å². The molecule has 1 aromatic heterocycles. The van der Waals surface area contributed by atoms with Gasteiger partial charge >= 0.3 is 4.87 Å². The quantitative estimate of drug-likeness (QED) is 0.166. The lowest BCUT2D eigenvalue weighted by molar-refractivity contribution is -0.384. The maximum atomic E-state index is 13.9. The highest BCUT2D eigenvalue weighted by atomic mass is 35.5. The number of hydrogen-bond acceptors (Lipinski definition) is 8. The number of thiazole rings is 1. The number of imide groups is 1. The molecule has 10 nitrogen and oxygen atoms in total. The molecule has 3 aromatic carbocycles. The van der Waals surface area contributed by atoms with Crippen molar-refractivity contribution in [2.75, 3.05) is 10.2 Å². The minimum atomic E-state index is -0.902. The van der Waals surface area contributed by atoms with Gasteiger partial charge in [0.25, 0.3) is 5.69 Å². The molecule has 0 unspecified atom stereocenters. The van der Waals surface area contributed by atoms with E-state index < -0.39 is 44.6 Å². The Morgan fingerprint density at radius 2 is 1.52 bits per heavy atom. The minimum absolute atomic E-state index is 0.174. The molecule has 14 heteroatoms. The Kier molecular flexibility index (Phi) is 7.39. The van der Waals surface area contributed by atoms with Crippen molar-refractivity contribution in [2.24, 2.45) is 5.92 Å². The van der Waals surface area contributed by atoms with E-state index >= 15 is 0 Å². The molecule has 6 rings (SSSR count). The standard InChI is InChI=1S/C28H18Cl2N4O6S2/c29-15-3-1-14(2-4-15)21-22-23(26(37)33(25(22)36)18-9-11-19(12-10-18)34(39)40)41-27-24(21)42-28(38)32(27)13-20(35)31-17-7-5-16(30)6-8-17/h1-12,21-23H,13H2,(H,31,35)/t21-,22-,23+/m0/s1. The fourth-order valence-corrected chi connectivity index (χ4v) is 8.16. The van der Waals surface area contributed by atoms with E-state index in [-0.39, 0.29) is 17.9 Å². The molecule has 3 heterocycles. The van der Waals surface area contributed by atoms with Gasteiger partial charge in [-0.25, -0.2) is 4.90 Å². The molecule has 0 spiro atoms. The van der Waals surface area contributed by atoms with Crippen LogP contribution in [-0.2, 0) is 20.9 Å². The van der Waals surface area contributed by atoms with E-state index in [2.05, 4.69) is 5.32 Å². The lowest BCUT2D eigenvalue weighted by atomic mass is 9.83. The molecule has 1 N–H and O–H groups in total. The molecule has 0 bridgehead atoms. The summed E-state index contributed by atoms with van der Waals surface area (Å²) in [4.78, 5) is 65.6. The van der Waals surface area contributed by atoms with Crippen molar-refractivity contribution in [2.45, 2.75) is 22.7 Å². The number of hydrogen-bond donors (Lipinski definition) is 1. The molecule has 0 radical (unpaired) electrons. The number of amides is 3. The highest BCUT2D eigenvalue weighted by molar-refractivity contribution is 8.00. The Bertz CT molecular complexity index is 1810. The number of nitro groups is 1. The molecule has 1 saturated heterocycles. The molecule has 0 saturated carbocycles. The Hall–Kier alpha value is -3.97. The van der Waals surface area contributed by atoms with Crippen LogP contribution in [0.4, 0.5) is 17.1 Å². The van der Waals surface area contributed by atoms with E-state index in [1.54, 1.807) is 48.5 Å². The number of nitro benzene ring substituents is 1. The first-order valence-electron chi connectivity index (χ1n) is 12.5.